The van der Waals surface area contributed by atoms with Crippen molar-refractivity contribution in [3.8, 4) is 0 Å². The highest BCUT2D eigenvalue weighted by molar-refractivity contribution is 5.82. The van der Waals surface area contributed by atoms with Crippen LogP contribution in [0, 0.1) is 11.8 Å². The molecule has 4 heteroatoms. The minimum atomic E-state index is -0.689. The molecule has 0 spiro atoms. The number of carboxylic acids is 1. The molecular formula is C10H12N2O2. The van der Waals surface area contributed by atoms with E-state index in [4.69, 9.17) is 0 Å². The highest BCUT2D eigenvalue weighted by atomic mass is 16.4. The van der Waals surface area contributed by atoms with Crippen molar-refractivity contribution in [2.75, 3.05) is 0 Å². The lowest BCUT2D eigenvalue weighted by molar-refractivity contribution is -0.144. The number of nitrogens with zero attached hydrogens (tertiary/aromatic N) is 1. The number of rotatable bonds is 2. The molecule has 14 heavy (non-hydrogen) atoms. The summed E-state index contributed by atoms with van der Waals surface area (Å²) in [6, 6.07) is 0. The second-order valence-electron chi connectivity index (χ2n) is 4.54. The second kappa shape index (κ2) is 2.38. The normalized spacial score (nSPS) is 39.4. The van der Waals surface area contributed by atoms with Gasteiger partial charge in [0.15, 0.2) is 0 Å². The van der Waals surface area contributed by atoms with Crippen molar-refractivity contribution >= 4 is 5.97 Å². The molecule has 4 nitrogen and oxygen atoms in total. The van der Waals surface area contributed by atoms with Crippen molar-refractivity contribution in [3.05, 3.63) is 18.0 Å². The fourth-order valence-electron chi connectivity index (χ4n) is 2.84. The van der Waals surface area contributed by atoms with Crippen LogP contribution in [0.5, 0.6) is 0 Å². The second-order valence-corrected chi connectivity index (χ2v) is 4.54. The van der Waals surface area contributed by atoms with E-state index in [2.05, 4.69) is 10.2 Å². The van der Waals surface area contributed by atoms with Crippen molar-refractivity contribution in [2.24, 2.45) is 11.8 Å². The van der Waals surface area contributed by atoms with E-state index in [1.165, 1.54) is 6.42 Å². The van der Waals surface area contributed by atoms with E-state index in [0.29, 0.717) is 11.8 Å². The van der Waals surface area contributed by atoms with E-state index >= 15 is 0 Å². The van der Waals surface area contributed by atoms with Gasteiger partial charge >= 0.3 is 5.97 Å². The molecular weight excluding hydrogens is 180 g/mol. The van der Waals surface area contributed by atoms with Crippen molar-refractivity contribution in [1.29, 1.82) is 0 Å². The number of aromatic nitrogens is 2. The monoisotopic (exact) mass is 192 g/mol. The molecule has 0 amide bonds. The Labute approximate surface area is 81.3 Å². The molecule has 0 saturated heterocycles. The molecule has 3 rings (SSSR count). The maximum absolute atomic E-state index is 11.3. The van der Waals surface area contributed by atoms with Gasteiger partial charge in [0, 0.05) is 11.8 Å². The fourth-order valence-corrected chi connectivity index (χ4v) is 2.84. The first-order chi connectivity index (χ1) is 6.72. The quantitative estimate of drug-likeness (QED) is 0.739. The summed E-state index contributed by atoms with van der Waals surface area (Å²) in [4.78, 5) is 11.3. The average molecular weight is 192 g/mol. The van der Waals surface area contributed by atoms with Crippen molar-refractivity contribution in [2.45, 2.75) is 24.7 Å². The van der Waals surface area contributed by atoms with Crippen molar-refractivity contribution < 1.29 is 9.90 Å². The summed E-state index contributed by atoms with van der Waals surface area (Å²) >= 11 is 0. The SMILES string of the molecule is O=C(O)C1(c2cn[nH]c2)CC2CC2C1. The van der Waals surface area contributed by atoms with Gasteiger partial charge in [0.05, 0.1) is 11.6 Å². The number of carboxylic acid groups (broad SMARTS) is 1. The Kier molecular flexibility index (Phi) is 1.36. The van der Waals surface area contributed by atoms with Crippen LogP contribution in [0.25, 0.3) is 0 Å². The smallest absolute Gasteiger partial charge is 0.314 e. The van der Waals surface area contributed by atoms with Gasteiger partial charge < -0.3 is 5.11 Å². The zero-order valence-corrected chi connectivity index (χ0v) is 7.73. The van der Waals surface area contributed by atoms with E-state index in [1.54, 1.807) is 12.4 Å². The third kappa shape index (κ3) is 0.882. The largest absolute Gasteiger partial charge is 0.481 e. The van der Waals surface area contributed by atoms with E-state index in [0.717, 1.165) is 18.4 Å². The van der Waals surface area contributed by atoms with Crippen LogP contribution in [0.3, 0.4) is 0 Å². The van der Waals surface area contributed by atoms with Gasteiger partial charge in [-0.25, -0.2) is 0 Å². The number of nitrogens with one attached hydrogen (secondary N) is 1. The summed E-state index contributed by atoms with van der Waals surface area (Å²) in [6.07, 6.45) is 6.20. The van der Waals surface area contributed by atoms with Crippen LogP contribution in [0.4, 0.5) is 0 Å². The Morgan fingerprint density at radius 1 is 1.57 bits per heavy atom. The Morgan fingerprint density at radius 3 is 2.79 bits per heavy atom. The summed E-state index contributed by atoms with van der Waals surface area (Å²) in [7, 11) is 0. The summed E-state index contributed by atoms with van der Waals surface area (Å²) in [5.74, 6) is 0.619. The summed E-state index contributed by atoms with van der Waals surface area (Å²) < 4.78 is 0. The van der Waals surface area contributed by atoms with Crippen LogP contribution in [0.2, 0.25) is 0 Å². The third-order valence-corrected chi connectivity index (χ3v) is 3.75. The van der Waals surface area contributed by atoms with E-state index in [9.17, 15) is 9.90 Å². The van der Waals surface area contributed by atoms with E-state index < -0.39 is 11.4 Å². The van der Waals surface area contributed by atoms with E-state index in [-0.39, 0.29) is 0 Å². The van der Waals surface area contributed by atoms with Gasteiger partial charge in [-0.15, -0.1) is 0 Å². The standard InChI is InChI=1S/C10H12N2O2/c13-9(14)10(8-4-11-12-5-8)2-6-1-7(6)3-10/h4-7H,1-3H2,(H,11,12)(H,13,14). The highest BCUT2D eigenvalue weighted by Crippen LogP contribution is 2.60. The van der Waals surface area contributed by atoms with Gasteiger partial charge in [-0.05, 0) is 31.1 Å². The highest BCUT2D eigenvalue weighted by Gasteiger charge is 2.58. The summed E-state index contributed by atoms with van der Waals surface area (Å²) in [6.45, 7) is 0. The zero-order chi connectivity index (χ0) is 9.76. The Bertz CT molecular complexity index is 361. The van der Waals surface area contributed by atoms with Crippen molar-refractivity contribution in [1.82, 2.24) is 10.2 Å². The molecule has 2 unspecified atom stereocenters. The lowest BCUT2D eigenvalue weighted by Crippen LogP contribution is -2.33. The van der Waals surface area contributed by atoms with Crippen LogP contribution in [0.15, 0.2) is 12.4 Å². The number of H-pyrrole nitrogens is 1. The summed E-state index contributed by atoms with van der Waals surface area (Å²) in [5, 5.41) is 15.9. The van der Waals surface area contributed by atoms with Gasteiger partial charge in [0.25, 0.3) is 0 Å². The Hall–Kier alpha value is -1.32. The van der Waals surface area contributed by atoms with Gasteiger partial charge in [-0.3, -0.25) is 9.89 Å². The molecule has 74 valence electrons. The van der Waals surface area contributed by atoms with Crippen LogP contribution in [0.1, 0.15) is 24.8 Å². The molecule has 2 aliphatic rings. The lowest BCUT2D eigenvalue weighted by atomic mass is 9.78. The van der Waals surface area contributed by atoms with Gasteiger partial charge in [0.2, 0.25) is 0 Å². The first-order valence-electron chi connectivity index (χ1n) is 4.95. The topological polar surface area (TPSA) is 66.0 Å². The maximum atomic E-state index is 11.3. The molecule has 0 aromatic carbocycles. The average Bonchev–Trinajstić information content (AvgIpc) is 2.68. The first-order valence-corrected chi connectivity index (χ1v) is 4.95. The molecule has 1 aromatic heterocycles. The lowest BCUT2D eigenvalue weighted by Gasteiger charge is -2.24. The minimum Gasteiger partial charge on any atom is -0.481 e. The molecule has 2 atom stereocenters. The number of hydrogen-bond acceptors (Lipinski definition) is 2. The predicted octanol–water partition coefficient (Wildman–Crippen LogP) is 1.16. The molecule has 0 bridgehead atoms. The van der Waals surface area contributed by atoms with Gasteiger partial charge in [-0.2, -0.15) is 5.10 Å². The fraction of sp³-hybridized carbons (Fsp3) is 0.600. The van der Waals surface area contributed by atoms with Crippen LogP contribution >= 0.6 is 0 Å². The Morgan fingerprint density at radius 2 is 2.29 bits per heavy atom. The number of aromatic amines is 1. The minimum absolute atomic E-state index is 0.638. The number of hydrogen-bond donors (Lipinski definition) is 2. The molecule has 2 aliphatic carbocycles. The van der Waals surface area contributed by atoms with Gasteiger partial charge in [-0.1, -0.05) is 0 Å². The molecule has 2 saturated carbocycles. The molecule has 1 aromatic rings. The number of fused-ring (bicyclic) bond motifs is 1. The third-order valence-electron chi connectivity index (χ3n) is 3.75. The van der Waals surface area contributed by atoms with Crippen LogP contribution in [-0.2, 0) is 10.2 Å². The Balaban J connectivity index is 2.01. The van der Waals surface area contributed by atoms with E-state index in [1.807, 2.05) is 0 Å². The maximum Gasteiger partial charge on any atom is 0.314 e. The molecule has 0 radical (unpaired) electrons. The number of aliphatic carboxylic acids is 1. The first kappa shape index (κ1) is 8.03. The number of carbonyl (C=O) groups is 1. The predicted molar refractivity (Wildman–Crippen MR) is 48.7 cm³/mol. The van der Waals surface area contributed by atoms with Crippen molar-refractivity contribution in [3.63, 3.8) is 0 Å². The summed E-state index contributed by atoms with van der Waals surface area (Å²) in [5.41, 5.74) is 0.206. The molecule has 2 fully saturated rings. The zero-order valence-electron chi connectivity index (χ0n) is 7.73. The molecule has 1 heterocycles. The molecule has 2 N–H and O–H groups in total. The van der Waals surface area contributed by atoms with Crippen LogP contribution < -0.4 is 0 Å². The molecule has 0 aliphatic heterocycles. The van der Waals surface area contributed by atoms with Gasteiger partial charge in [0.1, 0.15) is 0 Å². The van der Waals surface area contributed by atoms with Crippen LogP contribution in [-0.4, -0.2) is 21.3 Å².